The van der Waals surface area contributed by atoms with Gasteiger partial charge in [0, 0.05) is 21.9 Å². The largest absolute Gasteiger partial charge is 0.502 e. The molecule has 0 saturated heterocycles. The summed E-state index contributed by atoms with van der Waals surface area (Å²) in [5.41, 5.74) is 1.54. The Morgan fingerprint density at radius 1 is 1.13 bits per heavy atom. The van der Waals surface area contributed by atoms with E-state index in [0.29, 0.717) is 27.5 Å². The molecule has 3 aromatic carbocycles. The van der Waals surface area contributed by atoms with Crippen molar-refractivity contribution in [1.29, 1.82) is 0 Å². The Bertz CT molecular complexity index is 1130. The standard InChI is InChI=1S/C23H18BrNO5S/c1-30-19-9-5-17(6-10-19)23(27)22(31-14-15-2-7-18(24)8-3-15)13-16-4-11-21(26)20(12-16)25(28)29/h2-13,26H,14H2,1H3/b22-13+. The van der Waals surface area contributed by atoms with Crippen LogP contribution < -0.4 is 4.74 Å². The first kappa shape index (κ1) is 22.6. The third-order valence-corrected chi connectivity index (χ3v) is 6.00. The molecule has 0 amide bonds. The van der Waals surface area contributed by atoms with E-state index in [9.17, 15) is 20.0 Å². The van der Waals surface area contributed by atoms with E-state index < -0.39 is 16.4 Å². The number of ketones is 1. The second-order valence-corrected chi connectivity index (χ2v) is 8.42. The SMILES string of the molecule is COc1ccc(C(=O)/C(=C\c2ccc(O)c([N+](=O)[O-])c2)SCc2ccc(Br)cc2)cc1. The zero-order chi connectivity index (χ0) is 22.4. The number of phenols is 1. The normalized spacial score (nSPS) is 11.2. The van der Waals surface area contributed by atoms with Gasteiger partial charge in [-0.1, -0.05) is 34.1 Å². The Balaban J connectivity index is 1.95. The van der Waals surface area contributed by atoms with Crippen molar-refractivity contribution in [2.75, 3.05) is 7.11 Å². The summed E-state index contributed by atoms with van der Waals surface area (Å²) in [7, 11) is 1.55. The Labute approximate surface area is 191 Å². The highest BCUT2D eigenvalue weighted by molar-refractivity contribution is 9.10. The van der Waals surface area contributed by atoms with Crippen LogP contribution in [0.3, 0.4) is 0 Å². The number of carbonyl (C=O) groups excluding carboxylic acids is 1. The zero-order valence-electron chi connectivity index (χ0n) is 16.4. The number of aromatic hydroxyl groups is 1. The zero-order valence-corrected chi connectivity index (χ0v) is 18.9. The summed E-state index contributed by atoms with van der Waals surface area (Å²) in [5, 5.41) is 20.9. The van der Waals surface area contributed by atoms with Gasteiger partial charge in [-0.05, 0) is 59.7 Å². The molecule has 0 fully saturated rings. The van der Waals surface area contributed by atoms with Crippen LogP contribution in [-0.4, -0.2) is 22.9 Å². The van der Waals surface area contributed by atoms with E-state index in [0.717, 1.165) is 10.0 Å². The number of rotatable bonds is 8. The van der Waals surface area contributed by atoms with Gasteiger partial charge < -0.3 is 9.84 Å². The number of ether oxygens (including phenoxy) is 1. The van der Waals surface area contributed by atoms with Gasteiger partial charge in [0.05, 0.1) is 16.9 Å². The summed E-state index contributed by atoms with van der Waals surface area (Å²) in [6.07, 6.45) is 1.60. The van der Waals surface area contributed by atoms with Crippen LogP contribution in [0.2, 0.25) is 0 Å². The van der Waals surface area contributed by atoms with E-state index in [-0.39, 0.29) is 5.78 Å². The van der Waals surface area contributed by atoms with Gasteiger partial charge in [-0.2, -0.15) is 0 Å². The van der Waals surface area contributed by atoms with Crippen LogP contribution in [0.15, 0.2) is 76.1 Å². The first-order chi connectivity index (χ1) is 14.9. The first-order valence-corrected chi connectivity index (χ1v) is 10.9. The van der Waals surface area contributed by atoms with Crippen molar-refractivity contribution in [2.24, 2.45) is 0 Å². The molecule has 0 aliphatic heterocycles. The number of allylic oxidation sites excluding steroid dienone is 1. The summed E-state index contributed by atoms with van der Waals surface area (Å²) in [4.78, 5) is 24.1. The van der Waals surface area contributed by atoms with E-state index in [1.807, 2.05) is 24.3 Å². The highest BCUT2D eigenvalue weighted by atomic mass is 79.9. The molecule has 0 aliphatic carbocycles. The molecule has 31 heavy (non-hydrogen) atoms. The first-order valence-electron chi connectivity index (χ1n) is 9.12. The van der Waals surface area contributed by atoms with Crippen molar-refractivity contribution in [3.8, 4) is 11.5 Å². The van der Waals surface area contributed by atoms with Crippen LogP contribution in [0.25, 0.3) is 6.08 Å². The minimum Gasteiger partial charge on any atom is -0.502 e. The molecule has 1 N–H and O–H groups in total. The maximum atomic E-state index is 13.2. The van der Waals surface area contributed by atoms with E-state index >= 15 is 0 Å². The van der Waals surface area contributed by atoms with Crippen molar-refractivity contribution in [3.63, 3.8) is 0 Å². The van der Waals surface area contributed by atoms with Crippen LogP contribution >= 0.6 is 27.7 Å². The van der Waals surface area contributed by atoms with Crippen molar-refractivity contribution in [2.45, 2.75) is 5.75 Å². The number of benzene rings is 3. The smallest absolute Gasteiger partial charge is 0.311 e. The number of Topliss-reactive ketones (excluding diaryl/α,β-unsaturated/α-hetero) is 1. The molecule has 0 aromatic heterocycles. The lowest BCUT2D eigenvalue weighted by molar-refractivity contribution is -0.385. The Morgan fingerprint density at radius 2 is 1.81 bits per heavy atom. The molecular weight excluding hydrogens is 482 g/mol. The van der Waals surface area contributed by atoms with E-state index in [1.54, 1.807) is 37.5 Å². The number of thioether (sulfide) groups is 1. The fourth-order valence-corrected chi connectivity index (χ4v) is 3.97. The average Bonchev–Trinajstić information content (AvgIpc) is 2.78. The third kappa shape index (κ3) is 5.96. The molecule has 6 nitrogen and oxygen atoms in total. The molecule has 0 saturated carbocycles. The van der Waals surface area contributed by atoms with Gasteiger partial charge in [-0.25, -0.2) is 0 Å². The number of halogens is 1. The third-order valence-electron chi connectivity index (χ3n) is 4.38. The number of hydrogen-bond acceptors (Lipinski definition) is 6. The van der Waals surface area contributed by atoms with Crippen LogP contribution in [0.1, 0.15) is 21.5 Å². The maximum Gasteiger partial charge on any atom is 0.311 e. The van der Waals surface area contributed by atoms with Gasteiger partial charge in [0.1, 0.15) is 5.75 Å². The number of methoxy groups -OCH3 is 1. The van der Waals surface area contributed by atoms with E-state index in [2.05, 4.69) is 15.9 Å². The summed E-state index contributed by atoms with van der Waals surface area (Å²) in [6, 6.07) is 18.5. The van der Waals surface area contributed by atoms with Crippen LogP contribution in [0.5, 0.6) is 11.5 Å². The highest BCUT2D eigenvalue weighted by Gasteiger charge is 2.17. The van der Waals surface area contributed by atoms with Gasteiger partial charge in [-0.15, -0.1) is 11.8 Å². The number of nitro benzene ring substituents is 1. The van der Waals surface area contributed by atoms with E-state index in [4.69, 9.17) is 4.74 Å². The van der Waals surface area contributed by atoms with Gasteiger partial charge in [0.15, 0.2) is 11.5 Å². The molecule has 3 rings (SSSR count). The topological polar surface area (TPSA) is 89.7 Å². The van der Waals surface area contributed by atoms with Crippen molar-refractivity contribution in [3.05, 3.63) is 103 Å². The minimum absolute atomic E-state index is 0.208. The summed E-state index contributed by atoms with van der Waals surface area (Å²) in [5.74, 6) is 0.549. The molecule has 0 unspecified atom stereocenters. The number of phenolic OH excluding ortho intramolecular Hbond substituents is 1. The molecule has 0 spiro atoms. The lowest BCUT2D eigenvalue weighted by Gasteiger charge is -2.09. The summed E-state index contributed by atoms with van der Waals surface area (Å²) in [6.45, 7) is 0. The van der Waals surface area contributed by atoms with Gasteiger partial charge in [0.25, 0.3) is 0 Å². The Morgan fingerprint density at radius 3 is 2.42 bits per heavy atom. The average molecular weight is 500 g/mol. The predicted molar refractivity (Wildman–Crippen MR) is 125 cm³/mol. The molecule has 0 aliphatic rings. The van der Waals surface area contributed by atoms with E-state index in [1.165, 1.54) is 30.0 Å². The van der Waals surface area contributed by atoms with Crippen LogP contribution in [0, 0.1) is 10.1 Å². The summed E-state index contributed by atoms with van der Waals surface area (Å²) < 4.78 is 6.11. The Hall–Kier alpha value is -3.10. The fraction of sp³-hybridized carbons (Fsp3) is 0.0870. The van der Waals surface area contributed by atoms with Crippen molar-refractivity contribution in [1.82, 2.24) is 0 Å². The molecule has 8 heteroatoms. The number of carbonyl (C=O) groups is 1. The summed E-state index contributed by atoms with van der Waals surface area (Å²) >= 11 is 4.74. The molecule has 0 heterocycles. The van der Waals surface area contributed by atoms with Gasteiger partial charge in [-0.3, -0.25) is 14.9 Å². The minimum atomic E-state index is -0.660. The van der Waals surface area contributed by atoms with Crippen LogP contribution in [0.4, 0.5) is 5.69 Å². The number of hydrogen-bond donors (Lipinski definition) is 1. The molecular formula is C23H18BrNO5S. The quantitative estimate of drug-likeness (QED) is 0.171. The molecule has 158 valence electrons. The molecule has 0 radical (unpaired) electrons. The van der Waals surface area contributed by atoms with Gasteiger partial charge in [0.2, 0.25) is 0 Å². The fourth-order valence-electron chi connectivity index (χ4n) is 2.73. The lowest BCUT2D eigenvalue weighted by atomic mass is 10.1. The van der Waals surface area contributed by atoms with Crippen molar-refractivity contribution >= 4 is 45.2 Å². The highest BCUT2D eigenvalue weighted by Crippen LogP contribution is 2.31. The maximum absolute atomic E-state index is 13.2. The van der Waals surface area contributed by atoms with Crippen LogP contribution in [-0.2, 0) is 5.75 Å². The monoisotopic (exact) mass is 499 g/mol. The molecule has 0 bridgehead atoms. The van der Waals surface area contributed by atoms with Crippen molar-refractivity contribution < 1.29 is 19.6 Å². The molecule has 0 atom stereocenters. The second kappa shape index (κ2) is 10.3. The lowest BCUT2D eigenvalue weighted by Crippen LogP contribution is -2.02. The number of nitro groups is 1. The van der Waals surface area contributed by atoms with Gasteiger partial charge >= 0.3 is 5.69 Å². The second-order valence-electron chi connectivity index (χ2n) is 6.49. The number of nitrogens with zero attached hydrogens (tertiary/aromatic N) is 1. The molecule has 3 aromatic rings. The Kier molecular flexibility index (Phi) is 7.49. The predicted octanol–water partition coefficient (Wildman–Crippen LogP) is 6.23.